The maximum absolute atomic E-state index is 12.2. The third-order valence-electron chi connectivity index (χ3n) is 3.81. The lowest BCUT2D eigenvalue weighted by Crippen LogP contribution is -2.33. The molecule has 0 saturated carbocycles. The molecule has 0 spiro atoms. The van der Waals surface area contributed by atoms with Crippen LogP contribution in [0, 0.1) is 6.92 Å². The van der Waals surface area contributed by atoms with Crippen molar-refractivity contribution in [2.24, 2.45) is 5.73 Å². The summed E-state index contributed by atoms with van der Waals surface area (Å²) in [5.41, 5.74) is 7.46. The van der Waals surface area contributed by atoms with Crippen molar-refractivity contribution >= 4 is 30.7 Å². The third kappa shape index (κ3) is 4.47. The lowest BCUT2D eigenvalue weighted by molar-refractivity contribution is -0.129. The summed E-state index contributed by atoms with van der Waals surface area (Å²) >= 11 is 0. The first-order valence-electron chi connectivity index (χ1n) is 7.18. The van der Waals surface area contributed by atoms with Crippen molar-refractivity contribution < 1.29 is 9.21 Å². The topological polar surface area (TPSA) is 72.4 Å². The van der Waals surface area contributed by atoms with Crippen LogP contribution in [-0.2, 0) is 11.2 Å². The van der Waals surface area contributed by atoms with Crippen molar-refractivity contribution in [2.75, 3.05) is 13.1 Å². The third-order valence-corrected chi connectivity index (χ3v) is 3.81. The predicted molar refractivity (Wildman–Crippen MR) is 94.0 cm³/mol. The fourth-order valence-electron chi connectivity index (χ4n) is 2.57. The van der Waals surface area contributed by atoms with Gasteiger partial charge in [0.05, 0.1) is 12.1 Å². The Bertz CT molecular complexity index is 646. The zero-order valence-electron chi connectivity index (χ0n) is 12.9. The highest BCUT2D eigenvalue weighted by atomic mass is 35.5. The number of carbonyl (C=O) groups is 1. The van der Waals surface area contributed by atoms with Gasteiger partial charge in [0, 0.05) is 24.7 Å². The molecule has 1 fully saturated rings. The van der Waals surface area contributed by atoms with Crippen molar-refractivity contribution in [1.29, 1.82) is 0 Å². The maximum Gasteiger partial charge on any atom is 0.228 e. The van der Waals surface area contributed by atoms with Crippen LogP contribution < -0.4 is 5.73 Å². The normalized spacial score (nSPS) is 16.6. The molecule has 126 valence electrons. The van der Waals surface area contributed by atoms with Crippen LogP contribution in [-0.4, -0.2) is 34.9 Å². The summed E-state index contributed by atoms with van der Waals surface area (Å²) in [5, 5.41) is 0. The summed E-state index contributed by atoms with van der Waals surface area (Å²) in [5.74, 6) is 1.33. The summed E-state index contributed by atoms with van der Waals surface area (Å²) < 4.78 is 5.68. The molecule has 1 saturated heterocycles. The lowest BCUT2D eigenvalue weighted by Gasteiger charge is -2.14. The monoisotopic (exact) mass is 357 g/mol. The van der Waals surface area contributed by atoms with Crippen molar-refractivity contribution in [3.63, 3.8) is 0 Å². The molecule has 0 aliphatic carbocycles. The van der Waals surface area contributed by atoms with Crippen LogP contribution in [0.1, 0.15) is 17.9 Å². The SMILES string of the molecule is Cc1oc(-c2ccccc2)nc1CC(=O)N1CC[C@@H](N)C1.Cl.Cl. The van der Waals surface area contributed by atoms with Gasteiger partial charge in [-0.15, -0.1) is 24.8 Å². The van der Waals surface area contributed by atoms with Gasteiger partial charge in [-0.3, -0.25) is 4.79 Å². The summed E-state index contributed by atoms with van der Waals surface area (Å²) in [6, 6.07) is 9.80. The largest absolute Gasteiger partial charge is 0.441 e. The van der Waals surface area contributed by atoms with Gasteiger partial charge in [-0.2, -0.15) is 0 Å². The summed E-state index contributed by atoms with van der Waals surface area (Å²) in [6.07, 6.45) is 1.15. The molecular weight excluding hydrogens is 337 g/mol. The molecular formula is C16H21Cl2N3O2. The van der Waals surface area contributed by atoms with Crippen LogP contribution in [0.3, 0.4) is 0 Å². The van der Waals surface area contributed by atoms with Crippen molar-refractivity contribution in [3.8, 4) is 11.5 Å². The number of rotatable bonds is 3. The maximum atomic E-state index is 12.2. The number of carbonyl (C=O) groups excluding carboxylic acids is 1. The first kappa shape index (κ1) is 19.5. The molecule has 0 radical (unpaired) electrons. The molecule has 7 heteroatoms. The molecule has 1 aromatic heterocycles. The van der Waals surface area contributed by atoms with E-state index in [-0.39, 0.29) is 43.2 Å². The smallest absolute Gasteiger partial charge is 0.228 e. The van der Waals surface area contributed by atoms with Gasteiger partial charge in [-0.25, -0.2) is 4.98 Å². The minimum absolute atomic E-state index is 0. The quantitative estimate of drug-likeness (QED) is 0.916. The van der Waals surface area contributed by atoms with Crippen molar-refractivity contribution in [3.05, 3.63) is 41.8 Å². The summed E-state index contributed by atoms with van der Waals surface area (Å²) in [4.78, 5) is 18.5. The molecule has 2 heterocycles. The molecule has 1 aliphatic rings. The van der Waals surface area contributed by atoms with Gasteiger partial charge in [0.15, 0.2) is 0 Å². The van der Waals surface area contributed by atoms with E-state index in [2.05, 4.69) is 4.98 Å². The van der Waals surface area contributed by atoms with Gasteiger partial charge >= 0.3 is 0 Å². The number of aromatic nitrogens is 1. The van der Waals surface area contributed by atoms with E-state index in [1.54, 1.807) is 4.90 Å². The summed E-state index contributed by atoms with van der Waals surface area (Å²) in [6.45, 7) is 3.22. The number of nitrogens with two attached hydrogens (primary N) is 1. The molecule has 23 heavy (non-hydrogen) atoms. The molecule has 1 aromatic carbocycles. The van der Waals surface area contributed by atoms with E-state index in [4.69, 9.17) is 10.2 Å². The highest BCUT2D eigenvalue weighted by molar-refractivity contribution is 5.85. The highest BCUT2D eigenvalue weighted by Gasteiger charge is 2.25. The first-order valence-corrected chi connectivity index (χ1v) is 7.18. The number of aryl methyl sites for hydroxylation is 1. The van der Waals surface area contributed by atoms with E-state index < -0.39 is 0 Å². The fraction of sp³-hybridized carbons (Fsp3) is 0.375. The number of hydrogen-bond acceptors (Lipinski definition) is 4. The Kier molecular flexibility index (Phi) is 7.06. The molecule has 5 nitrogen and oxygen atoms in total. The van der Waals surface area contributed by atoms with Crippen LogP contribution in [0.25, 0.3) is 11.5 Å². The Labute approximate surface area is 148 Å². The van der Waals surface area contributed by atoms with Crippen LogP contribution in [0.4, 0.5) is 0 Å². The fourth-order valence-corrected chi connectivity index (χ4v) is 2.57. The first-order chi connectivity index (χ1) is 10.1. The molecule has 2 aromatic rings. The number of likely N-dealkylation sites (tertiary alicyclic amines) is 1. The van der Waals surface area contributed by atoms with Gasteiger partial charge in [-0.05, 0) is 25.5 Å². The molecule has 0 unspecified atom stereocenters. The zero-order chi connectivity index (χ0) is 14.8. The number of halogens is 2. The Balaban J connectivity index is 0.00000132. The summed E-state index contributed by atoms with van der Waals surface area (Å²) in [7, 11) is 0. The van der Waals surface area contributed by atoms with E-state index >= 15 is 0 Å². The van der Waals surface area contributed by atoms with Crippen LogP contribution in [0.2, 0.25) is 0 Å². The highest BCUT2D eigenvalue weighted by Crippen LogP contribution is 2.22. The average Bonchev–Trinajstić information content (AvgIpc) is 3.07. The minimum atomic E-state index is 0. The number of hydrogen-bond donors (Lipinski definition) is 1. The second kappa shape index (κ2) is 8.34. The molecule has 1 amide bonds. The average molecular weight is 358 g/mol. The standard InChI is InChI=1S/C16H19N3O2.2ClH/c1-11-14(9-15(20)19-8-7-13(17)10-19)18-16(21-11)12-5-3-2-4-6-12;;/h2-6,13H,7-10,17H2,1H3;2*1H/t13-;;/m1../s1. The van der Waals surface area contributed by atoms with E-state index in [0.29, 0.717) is 23.9 Å². The van der Waals surface area contributed by atoms with Crippen LogP contribution >= 0.6 is 24.8 Å². The van der Waals surface area contributed by atoms with Crippen LogP contribution in [0.15, 0.2) is 34.7 Å². The molecule has 0 bridgehead atoms. The van der Waals surface area contributed by atoms with E-state index in [1.165, 1.54) is 0 Å². The lowest BCUT2D eigenvalue weighted by atomic mass is 10.2. The Morgan fingerprint density at radius 2 is 2.04 bits per heavy atom. The van der Waals surface area contributed by atoms with Gasteiger partial charge in [0.25, 0.3) is 0 Å². The second-order valence-electron chi connectivity index (χ2n) is 5.45. The minimum Gasteiger partial charge on any atom is -0.441 e. The Morgan fingerprint density at radius 1 is 1.35 bits per heavy atom. The molecule has 1 atom stereocenters. The van der Waals surface area contributed by atoms with E-state index in [0.717, 1.165) is 18.5 Å². The number of benzene rings is 1. The Morgan fingerprint density at radius 3 is 2.65 bits per heavy atom. The number of nitrogens with zero attached hydrogens (tertiary/aromatic N) is 2. The number of oxazole rings is 1. The Hall–Kier alpha value is -1.56. The van der Waals surface area contributed by atoms with E-state index in [1.807, 2.05) is 37.3 Å². The van der Waals surface area contributed by atoms with E-state index in [9.17, 15) is 4.79 Å². The van der Waals surface area contributed by atoms with Gasteiger partial charge in [0.2, 0.25) is 11.8 Å². The van der Waals surface area contributed by atoms with Crippen molar-refractivity contribution in [2.45, 2.75) is 25.8 Å². The molecule has 3 rings (SSSR count). The van der Waals surface area contributed by atoms with Crippen LogP contribution in [0.5, 0.6) is 0 Å². The van der Waals surface area contributed by atoms with Gasteiger partial charge in [-0.1, -0.05) is 18.2 Å². The zero-order valence-corrected chi connectivity index (χ0v) is 14.5. The van der Waals surface area contributed by atoms with Gasteiger partial charge < -0.3 is 15.1 Å². The molecule has 2 N–H and O–H groups in total. The number of amides is 1. The van der Waals surface area contributed by atoms with Crippen molar-refractivity contribution in [1.82, 2.24) is 9.88 Å². The predicted octanol–water partition coefficient (Wildman–Crippen LogP) is 2.60. The van der Waals surface area contributed by atoms with Gasteiger partial charge in [0.1, 0.15) is 5.76 Å². The second-order valence-corrected chi connectivity index (χ2v) is 5.45. The molecule has 1 aliphatic heterocycles.